The Labute approximate surface area is 168 Å². The Hall–Kier alpha value is -2.70. The molecule has 1 aromatic heterocycles. The van der Waals surface area contributed by atoms with Crippen molar-refractivity contribution in [2.75, 3.05) is 38.2 Å². The molecule has 1 fully saturated rings. The standard InChI is InChI=1S/C21H21ClN4O2/c1-28-21(27)19(17-8-4-5-9-18(17)22)25-10-12-26(13-11-25)20-16-7-3-2-6-15(16)14-23-24-20/h2-9,14,19H,10-13H2,1H3/t19-/m0/s1. The van der Waals surface area contributed by atoms with Gasteiger partial charge in [0, 0.05) is 42.0 Å². The lowest BCUT2D eigenvalue weighted by molar-refractivity contribution is -0.147. The van der Waals surface area contributed by atoms with Gasteiger partial charge in [-0.2, -0.15) is 5.10 Å². The summed E-state index contributed by atoms with van der Waals surface area (Å²) in [4.78, 5) is 16.9. The maximum atomic E-state index is 12.5. The van der Waals surface area contributed by atoms with Crippen LogP contribution in [0, 0.1) is 0 Å². The lowest BCUT2D eigenvalue weighted by Gasteiger charge is -2.39. The summed E-state index contributed by atoms with van der Waals surface area (Å²) in [6, 6.07) is 15.0. The minimum atomic E-state index is -0.514. The fraction of sp³-hybridized carbons (Fsp3) is 0.286. The number of ether oxygens (including phenoxy) is 1. The van der Waals surface area contributed by atoms with E-state index in [0.29, 0.717) is 18.1 Å². The molecule has 3 aromatic rings. The molecular formula is C21H21ClN4O2. The number of hydrogen-bond donors (Lipinski definition) is 0. The summed E-state index contributed by atoms with van der Waals surface area (Å²) >= 11 is 6.37. The summed E-state index contributed by atoms with van der Waals surface area (Å²) in [5, 5.41) is 11.2. The molecule has 0 amide bonds. The molecule has 0 radical (unpaired) electrons. The second kappa shape index (κ2) is 8.12. The maximum Gasteiger partial charge on any atom is 0.327 e. The van der Waals surface area contributed by atoms with E-state index < -0.39 is 6.04 Å². The number of fused-ring (bicyclic) bond motifs is 1. The number of anilines is 1. The minimum Gasteiger partial charge on any atom is -0.468 e. The van der Waals surface area contributed by atoms with Gasteiger partial charge < -0.3 is 9.64 Å². The number of esters is 1. The van der Waals surface area contributed by atoms with Crippen molar-refractivity contribution in [3.05, 3.63) is 65.3 Å². The molecule has 1 atom stereocenters. The van der Waals surface area contributed by atoms with E-state index in [1.807, 2.05) is 36.4 Å². The molecule has 0 bridgehead atoms. The summed E-state index contributed by atoms with van der Waals surface area (Å²) in [5.74, 6) is 0.580. The zero-order valence-electron chi connectivity index (χ0n) is 15.6. The van der Waals surface area contributed by atoms with Gasteiger partial charge in [-0.1, -0.05) is 54.1 Å². The third-order valence-electron chi connectivity index (χ3n) is 5.15. The number of halogens is 1. The first-order chi connectivity index (χ1) is 13.7. The van der Waals surface area contributed by atoms with Gasteiger partial charge in [-0.25, -0.2) is 4.79 Å². The Kier molecular flexibility index (Phi) is 5.41. The Morgan fingerprint density at radius 2 is 1.79 bits per heavy atom. The predicted molar refractivity (Wildman–Crippen MR) is 110 cm³/mol. The van der Waals surface area contributed by atoms with Crippen molar-refractivity contribution < 1.29 is 9.53 Å². The van der Waals surface area contributed by atoms with Gasteiger partial charge >= 0.3 is 5.97 Å². The molecule has 0 unspecified atom stereocenters. The number of nitrogens with zero attached hydrogens (tertiary/aromatic N) is 4. The Morgan fingerprint density at radius 1 is 1.07 bits per heavy atom. The van der Waals surface area contributed by atoms with Gasteiger partial charge in [0.15, 0.2) is 5.82 Å². The zero-order chi connectivity index (χ0) is 19.5. The van der Waals surface area contributed by atoms with Crippen LogP contribution in [0.2, 0.25) is 5.02 Å². The van der Waals surface area contributed by atoms with Gasteiger partial charge in [0.25, 0.3) is 0 Å². The number of carbonyl (C=O) groups is 1. The molecule has 2 heterocycles. The average molecular weight is 397 g/mol. The Balaban J connectivity index is 1.57. The normalized spacial score (nSPS) is 16.1. The number of rotatable bonds is 4. The van der Waals surface area contributed by atoms with E-state index in [9.17, 15) is 4.79 Å². The van der Waals surface area contributed by atoms with Crippen molar-refractivity contribution in [2.45, 2.75) is 6.04 Å². The van der Waals surface area contributed by atoms with Crippen LogP contribution < -0.4 is 4.90 Å². The molecule has 4 rings (SSSR count). The van der Waals surface area contributed by atoms with Crippen molar-refractivity contribution in [3.63, 3.8) is 0 Å². The number of benzene rings is 2. The number of piperazine rings is 1. The summed E-state index contributed by atoms with van der Waals surface area (Å²) in [6.45, 7) is 2.85. The van der Waals surface area contributed by atoms with Crippen LogP contribution in [0.25, 0.3) is 10.8 Å². The monoisotopic (exact) mass is 396 g/mol. The summed E-state index contributed by atoms with van der Waals surface area (Å²) < 4.78 is 5.07. The molecule has 7 heteroatoms. The molecule has 28 heavy (non-hydrogen) atoms. The first kappa shape index (κ1) is 18.7. The summed E-state index contributed by atoms with van der Waals surface area (Å²) in [6.07, 6.45) is 1.78. The molecule has 1 aliphatic rings. The van der Waals surface area contributed by atoms with Crippen molar-refractivity contribution in [1.29, 1.82) is 0 Å². The van der Waals surface area contributed by atoms with Crippen LogP contribution in [0.1, 0.15) is 11.6 Å². The number of aromatic nitrogens is 2. The van der Waals surface area contributed by atoms with Crippen LogP contribution >= 0.6 is 11.6 Å². The number of hydrogen-bond acceptors (Lipinski definition) is 6. The van der Waals surface area contributed by atoms with Crippen LogP contribution in [0.3, 0.4) is 0 Å². The Morgan fingerprint density at radius 3 is 2.54 bits per heavy atom. The molecule has 0 spiro atoms. The van der Waals surface area contributed by atoms with Gasteiger partial charge in [-0.3, -0.25) is 4.90 Å². The van der Waals surface area contributed by atoms with Crippen LogP contribution in [-0.2, 0) is 9.53 Å². The molecule has 144 valence electrons. The second-order valence-electron chi connectivity index (χ2n) is 6.73. The van der Waals surface area contributed by atoms with Crippen LogP contribution in [0.4, 0.5) is 5.82 Å². The molecule has 1 saturated heterocycles. The van der Waals surface area contributed by atoms with Crippen molar-refractivity contribution in [2.24, 2.45) is 0 Å². The average Bonchev–Trinajstić information content (AvgIpc) is 2.75. The fourth-order valence-corrected chi connectivity index (χ4v) is 3.96. The first-order valence-corrected chi connectivity index (χ1v) is 9.58. The number of carbonyl (C=O) groups excluding carboxylic acids is 1. The molecule has 1 aliphatic heterocycles. The van der Waals surface area contributed by atoms with Gasteiger partial charge in [-0.15, -0.1) is 5.10 Å². The largest absolute Gasteiger partial charge is 0.468 e. The smallest absolute Gasteiger partial charge is 0.327 e. The van der Waals surface area contributed by atoms with Crippen LogP contribution in [0.5, 0.6) is 0 Å². The zero-order valence-corrected chi connectivity index (χ0v) is 16.3. The molecule has 0 saturated carbocycles. The lowest BCUT2D eigenvalue weighted by Crippen LogP contribution is -2.49. The van der Waals surface area contributed by atoms with E-state index in [2.05, 4.69) is 26.1 Å². The topological polar surface area (TPSA) is 58.6 Å². The third-order valence-corrected chi connectivity index (χ3v) is 5.50. The van der Waals surface area contributed by atoms with Crippen LogP contribution in [0.15, 0.2) is 54.7 Å². The van der Waals surface area contributed by atoms with E-state index in [4.69, 9.17) is 16.3 Å². The third kappa shape index (κ3) is 3.53. The molecule has 0 N–H and O–H groups in total. The molecule has 2 aromatic carbocycles. The Bertz CT molecular complexity index is 984. The summed E-state index contributed by atoms with van der Waals surface area (Å²) in [7, 11) is 1.41. The second-order valence-corrected chi connectivity index (χ2v) is 7.13. The summed E-state index contributed by atoms with van der Waals surface area (Å²) in [5.41, 5.74) is 0.773. The van der Waals surface area contributed by atoms with Gasteiger partial charge in [0.05, 0.1) is 13.3 Å². The van der Waals surface area contributed by atoms with Crippen molar-refractivity contribution >= 4 is 34.2 Å². The van der Waals surface area contributed by atoms with Gasteiger partial charge in [-0.05, 0) is 11.6 Å². The van der Waals surface area contributed by atoms with Crippen LogP contribution in [-0.4, -0.2) is 54.4 Å². The van der Waals surface area contributed by atoms with Crippen molar-refractivity contribution in [1.82, 2.24) is 15.1 Å². The molecule has 0 aliphatic carbocycles. The maximum absolute atomic E-state index is 12.5. The predicted octanol–water partition coefficient (Wildman–Crippen LogP) is 3.32. The molecule has 6 nitrogen and oxygen atoms in total. The highest BCUT2D eigenvalue weighted by atomic mass is 35.5. The van der Waals surface area contributed by atoms with Crippen molar-refractivity contribution in [3.8, 4) is 0 Å². The van der Waals surface area contributed by atoms with E-state index in [1.54, 1.807) is 12.3 Å². The highest BCUT2D eigenvalue weighted by Gasteiger charge is 2.33. The fourth-order valence-electron chi connectivity index (χ4n) is 3.72. The minimum absolute atomic E-state index is 0.300. The highest BCUT2D eigenvalue weighted by Crippen LogP contribution is 2.31. The quantitative estimate of drug-likeness (QED) is 0.630. The highest BCUT2D eigenvalue weighted by molar-refractivity contribution is 6.31. The molecular weight excluding hydrogens is 376 g/mol. The van der Waals surface area contributed by atoms with E-state index in [-0.39, 0.29) is 5.97 Å². The number of methoxy groups -OCH3 is 1. The van der Waals surface area contributed by atoms with E-state index in [0.717, 1.165) is 35.2 Å². The SMILES string of the molecule is COC(=O)[C@H](c1ccccc1Cl)N1CCN(c2nncc3ccccc23)CC1. The van der Waals surface area contributed by atoms with Gasteiger partial charge in [0.2, 0.25) is 0 Å². The lowest BCUT2D eigenvalue weighted by atomic mass is 10.0. The van der Waals surface area contributed by atoms with E-state index >= 15 is 0 Å². The van der Waals surface area contributed by atoms with E-state index in [1.165, 1.54) is 7.11 Å². The first-order valence-electron chi connectivity index (χ1n) is 9.20. The van der Waals surface area contributed by atoms with Gasteiger partial charge in [0.1, 0.15) is 6.04 Å².